The molecular formula is C18H39IN4O3. The minimum atomic E-state index is 0. The van der Waals surface area contributed by atoms with Crippen LogP contribution in [-0.2, 0) is 14.2 Å². The third-order valence-corrected chi connectivity index (χ3v) is 4.25. The second-order valence-electron chi connectivity index (χ2n) is 6.56. The Morgan fingerprint density at radius 3 is 2.50 bits per heavy atom. The van der Waals surface area contributed by atoms with E-state index in [0.717, 1.165) is 64.9 Å². The summed E-state index contributed by atoms with van der Waals surface area (Å²) in [5, 5.41) is 6.72. The van der Waals surface area contributed by atoms with Crippen LogP contribution in [0.15, 0.2) is 4.99 Å². The lowest BCUT2D eigenvalue weighted by Gasteiger charge is -2.36. The third-order valence-electron chi connectivity index (χ3n) is 4.25. The molecule has 0 bridgehead atoms. The smallest absolute Gasteiger partial charge is 0.191 e. The molecule has 0 aromatic rings. The quantitative estimate of drug-likeness (QED) is 0.189. The van der Waals surface area contributed by atoms with E-state index in [1.165, 1.54) is 0 Å². The monoisotopic (exact) mass is 486 g/mol. The molecular weight excluding hydrogens is 447 g/mol. The summed E-state index contributed by atoms with van der Waals surface area (Å²) in [5.74, 6) is 1.46. The van der Waals surface area contributed by atoms with E-state index in [4.69, 9.17) is 19.2 Å². The van der Waals surface area contributed by atoms with Crippen LogP contribution in [-0.4, -0.2) is 89.8 Å². The first-order valence-corrected chi connectivity index (χ1v) is 9.59. The number of guanidine groups is 1. The van der Waals surface area contributed by atoms with Crippen LogP contribution in [0.1, 0.15) is 27.2 Å². The molecule has 26 heavy (non-hydrogen) atoms. The average Bonchev–Trinajstić information content (AvgIpc) is 2.61. The van der Waals surface area contributed by atoms with E-state index in [-0.39, 0.29) is 24.0 Å². The predicted molar refractivity (Wildman–Crippen MR) is 118 cm³/mol. The molecule has 156 valence electrons. The molecule has 1 atom stereocenters. The number of nitrogens with one attached hydrogen (secondary N) is 2. The van der Waals surface area contributed by atoms with Gasteiger partial charge in [-0.3, -0.25) is 9.89 Å². The molecule has 1 unspecified atom stereocenters. The Morgan fingerprint density at radius 2 is 1.88 bits per heavy atom. The fourth-order valence-electron chi connectivity index (χ4n) is 2.81. The Labute approximate surface area is 176 Å². The Bertz CT molecular complexity index is 353. The lowest BCUT2D eigenvalue weighted by molar-refractivity contribution is 0.00867. The SMILES string of the molecule is CCNC(=NCC(C(C)C)N1CCOCC1)NCCCOCCOC.I. The van der Waals surface area contributed by atoms with Crippen LogP contribution in [0.2, 0.25) is 0 Å². The van der Waals surface area contributed by atoms with Gasteiger partial charge in [-0.25, -0.2) is 0 Å². The van der Waals surface area contributed by atoms with Gasteiger partial charge in [0.05, 0.1) is 33.0 Å². The van der Waals surface area contributed by atoms with Crippen LogP contribution in [0.25, 0.3) is 0 Å². The van der Waals surface area contributed by atoms with Crippen LogP contribution in [0.3, 0.4) is 0 Å². The van der Waals surface area contributed by atoms with Gasteiger partial charge in [-0.15, -0.1) is 24.0 Å². The molecule has 0 amide bonds. The van der Waals surface area contributed by atoms with E-state index >= 15 is 0 Å². The number of aliphatic imine (C=N–C) groups is 1. The number of morpholine rings is 1. The van der Waals surface area contributed by atoms with Crippen molar-refractivity contribution in [3.05, 3.63) is 0 Å². The summed E-state index contributed by atoms with van der Waals surface area (Å²) in [6.45, 7) is 14.8. The Morgan fingerprint density at radius 1 is 1.15 bits per heavy atom. The molecule has 1 aliphatic rings. The maximum absolute atomic E-state index is 5.48. The summed E-state index contributed by atoms with van der Waals surface area (Å²) in [7, 11) is 1.69. The molecule has 0 aliphatic carbocycles. The molecule has 1 aliphatic heterocycles. The number of rotatable bonds is 12. The predicted octanol–water partition coefficient (Wildman–Crippen LogP) is 1.57. The lowest BCUT2D eigenvalue weighted by atomic mass is 10.0. The van der Waals surface area contributed by atoms with Crippen LogP contribution in [0.4, 0.5) is 0 Å². The first-order chi connectivity index (χ1) is 12.2. The van der Waals surface area contributed by atoms with E-state index in [1.807, 2.05) is 0 Å². The van der Waals surface area contributed by atoms with Crippen LogP contribution >= 0.6 is 24.0 Å². The molecule has 0 spiro atoms. The normalized spacial score (nSPS) is 17.0. The molecule has 0 aromatic carbocycles. The van der Waals surface area contributed by atoms with Gasteiger partial charge < -0.3 is 24.8 Å². The van der Waals surface area contributed by atoms with Gasteiger partial charge in [0.15, 0.2) is 5.96 Å². The Balaban J connectivity index is 0.00000625. The van der Waals surface area contributed by atoms with Gasteiger partial charge in [0, 0.05) is 45.9 Å². The largest absolute Gasteiger partial charge is 0.382 e. The highest BCUT2D eigenvalue weighted by Gasteiger charge is 2.23. The fourth-order valence-corrected chi connectivity index (χ4v) is 2.81. The summed E-state index contributed by atoms with van der Waals surface area (Å²) in [6.07, 6.45) is 0.950. The highest BCUT2D eigenvalue weighted by atomic mass is 127. The van der Waals surface area contributed by atoms with Crippen molar-refractivity contribution in [1.82, 2.24) is 15.5 Å². The topological polar surface area (TPSA) is 67.4 Å². The van der Waals surface area contributed by atoms with Crippen molar-refractivity contribution < 1.29 is 14.2 Å². The number of ether oxygens (including phenoxy) is 3. The van der Waals surface area contributed by atoms with Crippen molar-refractivity contribution in [3.63, 3.8) is 0 Å². The van der Waals surface area contributed by atoms with Gasteiger partial charge in [0.1, 0.15) is 0 Å². The summed E-state index contributed by atoms with van der Waals surface area (Å²) >= 11 is 0. The molecule has 2 N–H and O–H groups in total. The number of hydrogen-bond donors (Lipinski definition) is 2. The molecule has 0 aromatic heterocycles. The number of nitrogens with zero attached hydrogens (tertiary/aromatic N) is 2. The zero-order chi connectivity index (χ0) is 18.3. The minimum Gasteiger partial charge on any atom is -0.382 e. The number of methoxy groups -OCH3 is 1. The van der Waals surface area contributed by atoms with Gasteiger partial charge in [0.2, 0.25) is 0 Å². The highest BCUT2D eigenvalue weighted by molar-refractivity contribution is 14.0. The summed E-state index contributed by atoms with van der Waals surface area (Å²) in [6, 6.07) is 0.455. The molecule has 8 heteroatoms. The highest BCUT2D eigenvalue weighted by Crippen LogP contribution is 2.13. The third kappa shape index (κ3) is 11.5. The first-order valence-electron chi connectivity index (χ1n) is 9.59. The van der Waals surface area contributed by atoms with Gasteiger partial charge in [-0.2, -0.15) is 0 Å². The molecule has 1 fully saturated rings. The Hall–Kier alpha value is -0.160. The van der Waals surface area contributed by atoms with Crippen LogP contribution in [0.5, 0.6) is 0 Å². The first kappa shape index (κ1) is 25.8. The van der Waals surface area contributed by atoms with Crippen molar-refractivity contribution in [2.24, 2.45) is 10.9 Å². The van der Waals surface area contributed by atoms with Crippen LogP contribution < -0.4 is 10.6 Å². The zero-order valence-corrected chi connectivity index (χ0v) is 19.3. The van der Waals surface area contributed by atoms with Crippen LogP contribution in [0, 0.1) is 5.92 Å². The molecule has 7 nitrogen and oxygen atoms in total. The second-order valence-corrected chi connectivity index (χ2v) is 6.56. The van der Waals surface area contributed by atoms with Crippen molar-refractivity contribution >= 4 is 29.9 Å². The Kier molecular flexibility index (Phi) is 16.9. The summed E-state index contributed by atoms with van der Waals surface area (Å²) in [4.78, 5) is 7.31. The molecule has 1 rings (SSSR count). The van der Waals surface area contributed by atoms with E-state index in [0.29, 0.717) is 25.2 Å². The lowest BCUT2D eigenvalue weighted by Crippen LogP contribution is -2.48. The van der Waals surface area contributed by atoms with E-state index in [2.05, 4.69) is 36.3 Å². The zero-order valence-electron chi connectivity index (χ0n) is 17.0. The van der Waals surface area contributed by atoms with Crippen molar-refractivity contribution in [2.75, 3.05) is 72.9 Å². The van der Waals surface area contributed by atoms with E-state index in [9.17, 15) is 0 Å². The maximum atomic E-state index is 5.48. The minimum absolute atomic E-state index is 0. The average molecular weight is 486 g/mol. The fraction of sp³-hybridized carbons (Fsp3) is 0.944. The van der Waals surface area contributed by atoms with E-state index in [1.54, 1.807) is 7.11 Å². The van der Waals surface area contributed by atoms with Gasteiger partial charge in [-0.1, -0.05) is 13.8 Å². The van der Waals surface area contributed by atoms with Gasteiger partial charge in [-0.05, 0) is 19.3 Å². The molecule has 1 heterocycles. The maximum Gasteiger partial charge on any atom is 0.191 e. The van der Waals surface area contributed by atoms with Crippen molar-refractivity contribution in [2.45, 2.75) is 33.2 Å². The van der Waals surface area contributed by atoms with Gasteiger partial charge >= 0.3 is 0 Å². The van der Waals surface area contributed by atoms with Gasteiger partial charge in [0.25, 0.3) is 0 Å². The number of hydrogen-bond acceptors (Lipinski definition) is 5. The molecule has 1 saturated heterocycles. The molecule has 0 saturated carbocycles. The molecule has 0 radical (unpaired) electrons. The number of halogens is 1. The standard InChI is InChI=1S/C18H38N4O3.HI/c1-5-19-18(20-7-6-10-24-14-13-23-4)21-15-17(16(2)3)22-8-11-25-12-9-22;/h16-17H,5-15H2,1-4H3,(H2,19,20,21);1H. The van der Waals surface area contributed by atoms with Crippen molar-refractivity contribution in [1.29, 1.82) is 0 Å². The van der Waals surface area contributed by atoms with Crippen molar-refractivity contribution in [3.8, 4) is 0 Å². The summed E-state index contributed by atoms with van der Waals surface area (Å²) in [5.41, 5.74) is 0. The second kappa shape index (κ2) is 17.0. The van der Waals surface area contributed by atoms with E-state index < -0.39 is 0 Å². The summed E-state index contributed by atoms with van der Waals surface area (Å²) < 4.78 is 15.9.